The van der Waals surface area contributed by atoms with E-state index in [0.717, 1.165) is 16.5 Å². The van der Waals surface area contributed by atoms with Crippen molar-refractivity contribution in [3.8, 4) is 0 Å². The van der Waals surface area contributed by atoms with E-state index in [-0.39, 0.29) is 18.1 Å². The Morgan fingerprint density at radius 1 is 1.14 bits per heavy atom. The van der Waals surface area contributed by atoms with Gasteiger partial charge in [0.05, 0.1) is 17.3 Å². The molecule has 2 aromatic rings. The quantitative estimate of drug-likeness (QED) is 0.311. The van der Waals surface area contributed by atoms with Gasteiger partial charge in [-0.3, -0.25) is 29.2 Å². The zero-order valence-electron chi connectivity index (χ0n) is 25.6. The van der Waals surface area contributed by atoms with Crippen LogP contribution in [0.5, 0.6) is 0 Å². The lowest BCUT2D eigenvalue weighted by atomic mass is 9.79. The maximum Gasteiger partial charge on any atom is 0.325 e. The summed E-state index contributed by atoms with van der Waals surface area (Å²) in [5.74, 6) is -2.80. The number of aliphatic hydroxyl groups excluding tert-OH is 1. The number of pyridine rings is 1. The summed E-state index contributed by atoms with van der Waals surface area (Å²) in [6.07, 6.45) is 3.90. The highest BCUT2D eigenvalue weighted by molar-refractivity contribution is 5.94. The summed E-state index contributed by atoms with van der Waals surface area (Å²) < 4.78 is 0. The maximum absolute atomic E-state index is 13.4. The molecule has 4 atom stereocenters. The lowest BCUT2D eigenvalue weighted by Gasteiger charge is -2.39. The van der Waals surface area contributed by atoms with Gasteiger partial charge in [-0.1, -0.05) is 44.2 Å². The zero-order chi connectivity index (χ0) is 31.4. The zero-order valence-corrected chi connectivity index (χ0v) is 25.6. The number of aliphatic hydroxyl groups is 1. The molecule has 2 heterocycles. The summed E-state index contributed by atoms with van der Waals surface area (Å²) in [5, 5.41) is 24.3. The Balaban J connectivity index is 1.67. The first-order valence-corrected chi connectivity index (χ1v) is 14.5. The molecule has 0 saturated carbocycles. The van der Waals surface area contributed by atoms with Gasteiger partial charge in [-0.05, 0) is 71.1 Å². The van der Waals surface area contributed by atoms with Crippen LogP contribution in [-0.4, -0.2) is 61.9 Å². The first kappa shape index (κ1) is 32.9. The summed E-state index contributed by atoms with van der Waals surface area (Å²) in [4.78, 5) is 55.9. The molecule has 228 valence electrons. The van der Waals surface area contributed by atoms with Crippen molar-refractivity contribution in [1.82, 2.24) is 20.7 Å². The molecule has 1 aliphatic heterocycles. The predicted molar refractivity (Wildman–Crippen MR) is 161 cm³/mol. The number of ketones is 1. The van der Waals surface area contributed by atoms with Crippen LogP contribution in [0, 0.1) is 17.3 Å². The summed E-state index contributed by atoms with van der Waals surface area (Å²) in [5.41, 5.74) is 2.85. The van der Waals surface area contributed by atoms with Crippen molar-refractivity contribution in [1.29, 1.82) is 0 Å². The molecule has 1 saturated heterocycles. The number of aliphatic carboxylic acids is 1. The van der Waals surface area contributed by atoms with Gasteiger partial charge in [0.2, 0.25) is 5.91 Å². The number of nitrogens with zero attached hydrogens (tertiary/aromatic N) is 2. The van der Waals surface area contributed by atoms with Gasteiger partial charge in [0, 0.05) is 29.7 Å². The van der Waals surface area contributed by atoms with Crippen LogP contribution in [0.3, 0.4) is 0 Å². The molecule has 0 bridgehead atoms. The lowest BCUT2D eigenvalue weighted by Crippen LogP contribution is -2.64. The van der Waals surface area contributed by atoms with E-state index in [2.05, 4.69) is 15.7 Å². The number of fused-ring (bicyclic) bond motifs is 1. The minimum absolute atomic E-state index is 0.00216. The molecule has 10 nitrogen and oxygen atoms in total. The third-order valence-electron chi connectivity index (χ3n) is 8.03. The molecule has 0 aliphatic carbocycles. The van der Waals surface area contributed by atoms with Crippen LogP contribution in [0.2, 0.25) is 0 Å². The Hall–Kier alpha value is -3.63. The van der Waals surface area contributed by atoms with Crippen molar-refractivity contribution in [3.63, 3.8) is 0 Å². The second-order valence-corrected chi connectivity index (χ2v) is 12.5. The van der Waals surface area contributed by atoms with Gasteiger partial charge in [-0.2, -0.15) is 0 Å². The number of rotatable bonds is 11. The number of benzene rings is 1. The summed E-state index contributed by atoms with van der Waals surface area (Å²) >= 11 is 0. The van der Waals surface area contributed by atoms with Gasteiger partial charge in [0.15, 0.2) is 0 Å². The third kappa shape index (κ3) is 7.80. The highest BCUT2D eigenvalue weighted by Gasteiger charge is 2.40. The van der Waals surface area contributed by atoms with E-state index in [1.807, 2.05) is 50.3 Å². The van der Waals surface area contributed by atoms with Crippen molar-refractivity contribution >= 4 is 40.5 Å². The normalized spacial score (nSPS) is 20.0. The van der Waals surface area contributed by atoms with E-state index in [9.17, 15) is 29.4 Å². The highest BCUT2D eigenvalue weighted by atomic mass is 16.4. The molecular weight excluding hydrogens is 536 g/mol. The van der Waals surface area contributed by atoms with Crippen LogP contribution in [-0.2, 0) is 19.2 Å². The second kappa shape index (κ2) is 13.1. The van der Waals surface area contributed by atoms with Crippen LogP contribution in [0.4, 0.5) is 0 Å². The minimum Gasteiger partial charge on any atom is -0.480 e. The molecule has 10 heteroatoms. The molecule has 1 fully saturated rings. The molecule has 3 rings (SSSR count). The number of allylic oxidation sites excluding steroid dienone is 1. The number of carbonyl (C=O) groups is 4. The lowest BCUT2D eigenvalue weighted by molar-refractivity contribution is -0.155. The molecule has 0 radical (unpaired) electrons. The van der Waals surface area contributed by atoms with E-state index in [0.29, 0.717) is 25.1 Å². The Morgan fingerprint density at radius 3 is 2.43 bits per heavy atom. The van der Waals surface area contributed by atoms with E-state index in [1.54, 1.807) is 33.8 Å². The molecule has 2 amide bonds. The van der Waals surface area contributed by atoms with Crippen LogP contribution in [0.25, 0.3) is 17.0 Å². The summed E-state index contributed by atoms with van der Waals surface area (Å²) in [6, 6.07) is 8.57. The molecule has 1 aliphatic rings. The number of hydrazine groups is 1. The first-order valence-electron chi connectivity index (χ1n) is 14.5. The molecule has 1 aromatic carbocycles. The monoisotopic (exact) mass is 580 g/mol. The average molecular weight is 581 g/mol. The van der Waals surface area contributed by atoms with E-state index in [4.69, 9.17) is 0 Å². The first-order chi connectivity index (χ1) is 19.5. The number of hydrogen-bond donors (Lipinski definition) is 4. The Kier molecular flexibility index (Phi) is 10.3. The number of hydrogen-bond acceptors (Lipinski definition) is 7. The number of carboxylic acid groups (broad SMARTS) is 1. The van der Waals surface area contributed by atoms with Crippen LogP contribution in [0.1, 0.15) is 85.1 Å². The molecule has 42 heavy (non-hydrogen) atoms. The van der Waals surface area contributed by atoms with Crippen molar-refractivity contribution in [2.75, 3.05) is 6.54 Å². The Morgan fingerprint density at radius 2 is 1.81 bits per heavy atom. The third-order valence-corrected chi connectivity index (χ3v) is 8.03. The van der Waals surface area contributed by atoms with Gasteiger partial charge < -0.3 is 15.5 Å². The SMILES string of the molecule is CC(C)[C@H](CC(=O)C(C)(C)/C=C/c1ccc2ccc([C@@H](C)O)nc2c1)C(=O)N[C@@H](C)C(=O)N1CCCC(C)(C(=O)O)N1. The van der Waals surface area contributed by atoms with Crippen molar-refractivity contribution in [3.05, 3.63) is 47.7 Å². The fraction of sp³-hybridized carbons (Fsp3) is 0.531. The van der Waals surface area contributed by atoms with Gasteiger partial charge in [0.25, 0.3) is 5.91 Å². The number of carboxylic acids is 1. The van der Waals surface area contributed by atoms with Crippen molar-refractivity contribution in [2.45, 2.75) is 85.4 Å². The summed E-state index contributed by atoms with van der Waals surface area (Å²) in [6.45, 7) is 12.4. The number of Topliss-reactive ketones (excluding diaryl/α,β-unsaturated/α-hetero) is 1. The molecular formula is C32H44N4O6. The molecule has 4 N–H and O–H groups in total. The minimum atomic E-state index is -1.26. The summed E-state index contributed by atoms with van der Waals surface area (Å²) in [7, 11) is 0. The standard InChI is InChI=1S/C32H44N4O6/c1-19(2)24(28(39)33-20(3)29(40)36-16-8-14-32(7,35-36)30(41)42)18-27(38)31(5,6)15-13-22-9-10-23-11-12-25(21(4)37)34-26(23)17-22/h9-13,15,17,19-21,24,35,37H,8,14,16,18H2,1-7H3,(H,33,39)(H,41,42)/b15-13+/t20-,21+,24-,32?/m0/s1. The van der Waals surface area contributed by atoms with Gasteiger partial charge in [0.1, 0.15) is 17.4 Å². The smallest absolute Gasteiger partial charge is 0.325 e. The largest absolute Gasteiger partial charge is 0.480 e. The number of carbonyl (C=O) groups excluding carboxylic acids is 3. The van der Waals surface area contributed by atoms with Crippen molar-refractivity contribution in [2.24, 2.45) is 17.3 Å². The van der Waals surface area contributed by atoms with Crippen LogP contribution >= 0.6 is 0 Å². The molecule has 1 unspecified atom stereocenters. The number of amides is 2. The van der Waals surface area contributed by atoms with Gasteiger partial charge in [-0.15, -0.1) is 0 Å². The van der Waals surface area contributed by atoms with Crippen molar-refractivity contribution < 1.29 is 29.4 Å². The van der Waals surface area contributed by atoms with E-state index < -0.39 is 46.8 Å². The molecule has 0 spiro atoms. The fourth-order valence-corrected chi connectivity index (χ4v) is 4.91. The highest BCUT2D eigenvalue weighted by Crippen LogP contribution is 2.28. The van der Waals surface area contributed by atoms with E-state index in [1.165, 1.54) is 11.9 Å². The topological polar surface area (TPSA) is 149 Å². The van der Waals surface area contributed by atoms with Crippen LogP contribution in [0.15, 0.2) is 36.4 Å². The van der Waals surface area contributed by atoms with Gasteiger partial charge in [-0.25, -0.2) is 5.43 Å². The number of nitrogens with one attached hydrogen (secondary N) is 2. The number of aromatic nitrogens is 1. The second-order valence-electron chi connectivity index (χ2n) is 12.5. The average Bonchev–Trinajstić information content (AvgIpc) is 2.93. The van der Waals surface area contributed by atoms with E-state index >= 15 is 0 Å². The maximum atomic E-state index is 13.4. The molecule has 1 aromatic heterocycles. The fourth-order valence-electron chi connectivity index (χ4n) is 4.91. The predicted octanol–water partition coefficient (Wildman–Crippen LogP) is 4.03. The van der Waals surface area contributed by atoms with Crippen LogP contribution < -0.4 is 10.7 Å². The Bertz CT molecular complexity index is 1370. The van der Waals surface area contributed by atoms with Gasteiger partial charge >= 0.3 is 5.97 Å². The Labute approximate surface area is 247 Å².